The van der Waals surface area contributed by atoms with E-state index in [1.54, 1.807) is 6.92 Å². The molecule has 4 heterocycles. The number of aliphatic hydroxyl groups excluding tert-OH is 13. The molecule has 23 heteroatoms. The number of carbonyl (C=O) groups is 1. The highest BCUT2D eigenvalue weighted by Crippen LogP contribution is 2.76. The van der Waals surface area contributed by atoms with Gasteiger partial charge in [0.2, 0.25) is 0 Å². The molecule has 0 aromatic heterocycles. The maximum atomic E-state index is 12.6. The van der Waals surface area contributed by atoms with Crippen molar-refractivity contribution in [2.24, 2.45) is 50.2 Å². The monoisotopic (exact) mass is 1100 g/mol. The maximum absolute atomic E-state index is 12.6. The van der Waals surface area contributed by atoms with Gasteiger partial charge in [-0.3, -0.25) is 0 Å². The Balaban J connectivity index is 0.969. The van der Waals surface area contributed by atoms with Gasteiger partial charge >= 0.3 is 5.97 Å². The van der Waals surface area contributed by atoms with E-state index < -0.39 is 170 Å². The maximum Gasteiger partial charge on any atom is 0.335 e. The Bertz CT molecular complexity index is 2150. The first kappa shape index (κ1) is 60.0. The van der Waals surface area contributed by atoms with Crippen molar-refractivity contribution in [1.82, 2.24) is 0 Å². The van der Waals surface area contributed by atoms with Crippen molar-refractivity contribution in [3.63, 3.8) is 0 Å². The molecule has 0 aromatic carbocycles. The van der Waals surface area contributed by atoms with Crippen molar-refractivity contribution in [3.05, 3.63) is 11.6 Å². The molecule has 14 N–H and O–H groups in total. The highest BCUT2D eigenvalue weighted by molar-refractivity contribution is 5.73. The molecule has 8 fully saturated rings. The van der Waals surface area contributed by atoms with Gasteiger partial charge in [-0.1, -0.05) is 60.1 Å². The van der Waals surface area contributed by atoms with Crippen LogP contribution in [0.4, 0.5) is 0 Å². The van der Waals surface area contributed by atoms with Gasteiger partial charge in [0.05, 0.1) is 43.7 Å². The quantitative estimate of drug-likeness (QED) is 0.0829. The number of hydrogen-bond acceptors (Lipinski definition) is 22. The summed E-state index contributed by atoms with van der Waals surface area (Å²) >= 11 is 0. The van der Waals surface area contributed by atoms with Crippen LogP contribution in [0.25, 0.3) is 0 Å². The summed E-state index contributed by atoms with van der Waals surface area (Å²) in [7, 11) is 0. The number of hydrogen-bond donors (Lipinski definition) is 14. The fourth-order valence-electron chi connectivity index (χ4n) is 16.6. The Labute approximate surface area is 449 Å². The van der Waals surface area contributed by atoms with Crippen molar-refractivity contribution in [2.75, 3.05) is 13.2 Å². The minimum absolute atomic E-state index is 0.0274. The van der Waals surface area contributed by atoms with E-state index in [-0.39, 0.29) is 40.6 Å². The lowest BCUT2D eigenvalue weighted by Gasteiger charge is -2.72. The molecule has 0 aromatic rings. The van der Waals surface area contributed by atoms with Crippen molar-refractivity contribution < 1.29 is 114 Å². The summed E-state index contributed by atoms with van der Waals surface area (Å²) in [6, 6.07) is 0. The predicted molar refractivity (Wildman–Crippen MR) is 263 cm³/mol. The second kappa shape index (κ2) is 21.2. The molecule has 0 radical (unpaired) electrons. The van der Waals surface area contributed by atoms with E-state index in [0.717, 1.165) is 19.3 Å². The number of carboxylic acid groups (broad SMARTS) is 1. The molecule has 77 heavy (non-hydrogen) atoms. The summed E-state index contributed by atoms with van der Waals surface area (Å²) in [6.07, 6.45) is -28.2. The minimum atomic E-state index is -2.11. The summed E-state index contributed by atoms with van der Waals surface area (Å²) in [5, 5.41) is 153. The second-order valence-electron chi connectivity index (χ2n) is 26.4. The molecule has 9 rings (SSSR count). The van der Waals surface area contributed by atoms with Crippen molar-refractivity contribution in [3.8, 4) is 0 Å². The summed E-state index contributed by atoms with van der Waals surface area (Å²) in [5.41, 5.74) is -1.87. The lowest BCUT2D eigenvalue weighted by molar-refractivity contribution is -0.396. The van der Waals surface area contributed by atoms with E-state index in [1.165, 1.54) is 12.5 Å². The lowest BCUT2D eigenvalue weighted by Crippen LogP contribution is -2.69. The number of aliphatic hydroxyl groups is 13. The van der Waals surface area contributed by atoms with E-state index in [4.69, 9.17) is 37.9 Å². The van der Waals surface area contributed by atoms with Gasteiger partial charge in [-0.15, -0.1) is 0 Å². The van der Waals surface area contributed by atoms with E-state index in [0.29, 0.717) is 32.1 Å². The van der Waals surface area contributed by atoms with Gasteiger partial charge in [0.1, 0.15) is 79.4 Å². The zero-order valence-corrected chi connectivity index (χ0v) is 45.6. The standard InChI is InChI=1S/C54H88O23/c1-21-29(57)32(60)37(65)45(70-21)75-40-34(62)31(59)25(19-55)72-47(40)76-41-36(64)35(63)39(44(68)69)74-48(41)73-28-13-14-51(6)26(52(28,7)20-56)12-15-54(9)27(51)11-10-23-24-18-49(3,4)43(42(67)50(24,5)16-17-53(23,54)8)77-46-38(66)33(61)30(58)22(2)71-46/h10,21-22,24-43,45-48,55-67H,11-20H2,1-9H3,(H,68,69)/t21-,22-,24-,25+,26+,27+,28-,29-,30-,31+,32+,33+,34-,35-,36-,37+,38+,39-,40+,41+,42-,43-,45-,46-,47-,48+,50+,51-,52+,53+,54+/m0/s1. The molecule has 5 aliphatic carbocycles. The van der Waals surface area contributed by atoms with Crippen LogP contribution < -0.4 is 0 Å². The van der Waals surface area contributed by atoms with Gasteiger partial charge in [0.25, 0.3) is 0 Å². The van der Waals surface area contributed by atoms with Crippen molar-refractivity contribution in [1.29, 1.82) is 0 Å². The number of aliphatic carboxylic acids is 1. The van der Waals surface area contributed by atoms with Crippen LogP contribution in [0.1, 0.15) is 114 Å². The Morgan fingerprint density at radius 2 is 1.14 bits per heavy atom. The average Bonchev–Trinajstić information content (AvgIpc) is 3.45. The number of ether oxygens (including phenoxy) is 8. The van der Waals surface area contributed by atoms with Crippen LogP contribution in [-0.2, 0) is 42.7 Å². The average molecular weight is 1110 g/mol. The SMILES string of the molecule is C[C@@H]1O[C@@H](O[C@H]2[C@H](O[C@H]3[C@H](O[C@H]4CC[C@@]5(C)[C@@H](CC[C@]6(C)[C@@H]5CC=C5[C@@H]7CC(C)(C)[C@@H](O[C@@H]8O[C@@H](C)[C@H](O)[C@@H](O)[C@H]8O)[C@H](O)[C@]7(C)CC[C@]56C)[C@@]4(C)CO)O[C@H](C(=O)O)[C@@H](O)[C@@H]3O)O[C@H](CO)[C@@H](O)[C@@H]2O)[C@H](O)[C@H](O)[C@H]1O. The molecule has 0 unspecified atom stereocenters. The van der Waals surface area contributed by atoms with E-state index >= 15 is 0 Å². The van der Waals surface area contributed by atoms with Gasteiger partial charge in [-0.25, -0.2) is 4.79 Å². The van der Waals surface area contributed by atoms with Crippen LogP contribution in [0, 0.1) is 50.2 Å². The largest absolute Gasteiger partial charge is 0.479 e. The molecular formula is C54H88O23. The highest BCUT2D eigenvalue weighted by atomic mass is 16.8. The molecule has 23 nitrogen and oxygen atoms in total. The minimum Gasteiger partial charge on any atom is -0.479 e. The fourth-order valence-corrected chi connectivity index (χ4v) is 16.6. The molecule has 4 aliphatic heterocycles. The lowest BCUT2D eigenvalue weighted by atomic mass is 9.33. The molecule has 9 aliphatic rings. The van der Waals surface area contributed by atoms with Gasteiger partial charge in [0, 0.05) is 10.8 Å². The third-order valence-corrected chi connectivity index (χ3v) is 21.8. The first-order valence-corrected chi connectivity index (χ1v) is 27.7. The molecule has 0 amide bonds. The summed E-state index contributed by atoms with van der Waals surface area (Å²) < 4.78 is 48.6. The summed E-state index contributed by atoms with van der Waals surface area (Å²) in [6.45, 7) is 16.9. The van der Waals surface area contributed by atoms with Crippen LogP contribution >= 0.6 is 0 Å². The van der Waals surface area contributed by atoms with Crippen LogP contribution in [0.2, 0.25) is 0 Å². The summed E-state index contributed by atoms with van der Waals surface area (Å²) in [4.78, 5) is 12.6. The first-order valence-electron chi connectivity index (χ1n) is 27.7. The third kappa shape index (κ3) is 9.42. The van der Waals surface area contributed by atoms with Crippen LogP contribution in [0.3, 0.4) is 0 Å². The molecule has 4 saturated heterocycles. The molecular weight excluding hydrogens is 1020 g/mol. The highest BCUT2D eigenvalue weighted by Gasteiger charge is 2.71. The Morgan fingerprint density at radius 3 is 1.71 bits per heavy atom. The van der Waals surface area contributed by atoms with Gasteiger partial charge in [0.15, 0.2) is 31.3 Å². The smallest absolute Gasteiger partial charge is 0.335 e. The van der Waals surface area contributed by atoms with Crippen LogP contribution in [0.5, 0.6) is 0 Å². The molecule has 4 saturated carbocycles. The van der Waals surface area contributed by atoms with Gasteiger partial charge in [-0.05, 0) is 105 Å². The summed E-state index contributed by atoms with van der Waals surface area (Å²) in [5.74, 6) is -1.72. The first-order chi connectivity index (χ1) is 35.9. The number of allylic oxidation sites excluding steroid dienone is 2. The Hall–Kier alpha value is -1.63. The third-order valence-electron chi connectivity index (χ3n) is 21.8. The van der Waals surface area contributed by atoms with Crippen molar-refractivity contribution >= 4 is 5.97 Å². The normalized spacial score (nSPS) is 56.7. The van der Waals surface area contributed by atoms with Crippen LogP contribution in [0.15, 0.2) is 11.6 Å². The Morgan fingerprint density at radius 1 is 0.584 bits per heavy atom. The van der Waals surface area contributed by atoms with Crippen molar-refractivity contribution in [2.45, 2.75) is 255 Å². The molecule has 31 atom stereocenters. The van der Waals surface area contributed by atoms with E-state index in [2.05, 4.69) is 33.8 Å². The fraction of sp³-hybridized carbons (Fsp3) is 0.944. The Kier molecular flexibility index (Phi) is 16.5. The molecule has 0 spiro atoms. The number of rotatable bonds is 11. The predicted octanol–water partition coefficient (Wildman–Crippen LogP) is -1.47. The number of carboxylic acids is 1. The second-order valence-corrected chi connectivity index (χ2v) is 26.4. The zero-order valence-electron chi connectivity index (χ0n) is 45.6. The molecule has 442 valence electrons. The van der Waals surface area contributed by atoms with E-state index in [9.17, 15) is 76.3 Å². The zero-order chi connectivity index (χ0) is 56.6. The van der Waals surface area contributed by atoms with Gasteiger partial charge < -0.3 is 109 Å². The van der Waals surface area contributed by atoms with Gasteiger partial charge in [-0.2, -0.15) is 0 Å². The molecule has 0 bridgehead atoms. The van der Waals surface area contributed by atoms with Crippen LogP contribution in [-0.4, -0.2) is 232 Å². The number of fused-ring (bicyclic) bond motifs is 7. The van der Waals surface area contributed by atoms with E-state index in [1.807, 2.05) is 20.8 Å². The topological polar surface area (TPSA) is 374 Å².